The minimum atomic E-state index is -0.444. The normalized spacial score (nSPS) is 13.8. The molecule has 8 heteroatoms. The second kappa shape index (κ2) is 9.87. The third-order valence-corrected chi connectivity index (χ3v) is 6.34. The molecule has 0 atom stereocenters. The molecule has 0 spiro atoms. The summed E-state index contributed by atoms with van der Waals surface area (Å²) in [5.41, 5.74) is 2.86. The highest BCUT2D eigenvalue weighted by Crippen LogP contribution is 2.21. The van der Waals surface area contributed by atoms with Gasteiger partial charge in [0.15, 0.2) is 0 Å². The number of aromatic nitrogens is 3. The van der Waals surface area contributed by atoms with E-state index in [1.165, 1.54) is 53.2 Å². The van der Waals surface area contributed by atoms with Crippen LogP contribution >= 0.6 is 11.3 Å². The Hall–Kier alpha value is -3.00. The van der Waals surface area contributed by atoms with E-state index in [4.69, 9.17) is 4.74 Å². The maximum Gasteiger partial charge on any atom is 0.340 e. The summed E-state index contributed by atoms with van der Waals surface area (Å²) in [5.74, 6) is -0.444. The molecule has 4 rings (SSSR count). The molecule has 0 saturated carbocycles. The summed E-state index contributed by atoms with van der Waals surface area (Å²) in [6, 6.07) is 8.69. The molecule has 0 saturated heterocycles. The molecule has 2 aromatic heterocycles. The molecule has 31 heavy (non-hydrogen) atoms. The fourth-order valence-corrected chi connectivity index (χ4v) is 4.49. The van der Waals surface area contributed by atoms with E-state index in [1.807, 2.05) is 25.1 Å². The Bertz CT molecular complexity index is 1170. The second-order valence-electron chi connectivity index (χ2n) is 7.54. The summed E-state index contributed by atoms with van der Waals surface area (Å²) in [6.45, 7) is 2.68. The molecule has 2 heterocycles. The van der Waals surface area contributed by atoms with Crippen LogP contribution in [-0.2, 0) is 17.8 Å². The lowest BCUT2D eigenvalue weighted by Crippen LogP contribution is -2.17. The van der Waals surface area contributed by atoms with Crippen LogP contribution in [0, 0.1) is 0 Å². The molecular formula is C23H26N4O3S. The van der Waals surface area contributed by atoms with E-state index in [1.54, 1.807) is 6.07 Å². The first-order valence-electron chi connectivity index (χ1n) is 10.7. The van der Waals surface area contributed by atoms with Gasteiger partial charge in [-0.15, -0.1) is 0 Å². The number of hydrogen-bond acceptors (Lipinski definition) is 7. The zero-order chi connectivity index (χ0) is 21.6. The molecule has 0 fully saturated rings. The lowest BCUT2D eigenvalue weighted by molar-refractivity contribution is 0.0469. The number of nitrogens with zero attached hydrogens (tertiary/aromatic N) is 3. The summed E-state index contributed by atoms with van der Waals surface area (Å²) in [7, 11) is 0. The molecule has 1 aromatic carbocycles. The lowest BCUT2D eigenvalue weighted by Gasteiger charge is -2.15. The highest BCUT2D eigenvalue weighted by molar-refractivity contribution is 7.16. The minimum absolute atomic E-state index is 0.0643. The van der Waals surface area contributed by atoms with Crippen molar-refractivity contribution < 1.29 is 9.53 Å². The van der Waals surface area contributed by atoms with Crippen molar-refractivity contribution >= 4 is 28.0 Å². The largest absolute Gasteiger partial charge is 0.456 e. The van der Waals surface area contributed by atoms with Gasteiger partial charge in [-0.3, -0.25) is 4.79 Å². The Kier molecular flexibility index (Phi) is 6.76. The molecule has 7 nitrogen and oxygen atoms in total. The number of anilines is 1. The van der Waals surface area contributed by atoms with Crippen molar-refractivity contribution in [2.24, 2.45) is 0 Å². The topological polar surface area (TPSA) is 85.6 Å². The van der Waals surface area contributed by atoms with Crippen molar-refractivity contribution in [3.8, 4) is 0 Å². The van der Waals surface area contributed by atoms with Crippen LogP contribution in [0.5, 0.6) is 0 Å². The van der Waals surface area contributed by atoms with E-state index >= 15 is 0 Å². The van der Waals surface area contributed by atoms with Gasteiger partial charge in [0.2, 0.25) is 4.96 Å². The molecule has 3 aromatic rings. The van der Waals surface area contributed by atoms with Crippen LogP contribution in [0.2, 0.25) is 0 Å². The molecule has 0 unspecified atom stereocenters. The molecular weight excluding hydrogens is 412 g/mol. The maximum absolute atomic E-state index is 12.7. The van der Waals surface area contributed by atoms with Gasteiger partial charge in [-0.2, -0.15) is 9.61 Å². The molecule has 0 bridgehead atoms. The van der Waals surface area contributed by atoms with Crippen LogP contribution in [0.4, 0.5) is 5.69 Å². The number of carbonyl (C=O) groups excluding carboxylic acids is 1. The number of carbonyl (C=O) groups is 1. The van der Waals surface area contributed by atoms with E-state index < -0.39 is 5.97 Å². The van der Waals surface area contributed by atoms with Crippen molar-refractivity contribution in [1.82, 2.24) is 14.6 Å². The van der Waals surface area contributed by atoms with E-state index in [0.717, 1.165) is 30.1 Å². The third kappa shape index (κ3) is 5.19. The Balaban J connectivity index is 1.40. The number of fused-ring (bicyclic) bond motifs is 1. The first-order valence-corrected chi connectivity index (χ1v) is 11.5. The predicted molar refractivity (Wildman–Crippen MR) is 122 cm³/mol. The number of rotatable bonds is 8. The van der Waals surface area contributed by atoms with E-state index in [-0.39, 0.29) is 12.2 Å². The molecule has 0 radical (unpaired) electrons. The summed E-state index contributed by atoms with van der Waals surface area (Å²) in [6.07, 6.45) is 8.93. The van der Waals surface area contributed by atoms with Gasteiger partial charge in [-0.1, -0.05) is 42.0 Å². The summed E-state index contributed by atoms with van der Waals surface area (Å²) >= 11 is 1.37. The molecule has 0 aliphatic heterocycles. The molecule has 1 aliphatic carbocycles. The van der Waals surface area contributed by atoms with Crippen molar-refractivity contribution in [3.05, 3.63) is 68.6 Å². The number of nitrogens with one attached hydrogen (secondary N) is 1. The molecule has 162 valence electrons. The average molecular weight is 439 g/mol. The van der Waals surface area contributed by atoms with Crippen LogP contribution in [0.1, 0.15) is 60.1 Å². The van der Waals surface area contributed by atoms with Gasteiger partial charge in [0.05, 0.1) is 11.3 Å². The van der Waals surface area contributed by atoms with Gasteiger partial charge in [0, 0.05) is 18.3 Å². The lowest BCUT2D eigenvalue weighted by atomic mass is 9.97. The number of aryl methyl sites for hydroxylation is 1. The monoisotopic (exact) mass is 438 g/mol. The van der Waals surface area contributed by atoms with Crippen molar-refractivity contribution in [1.29, 1.82) is 0 Å². The standard InChI is InChI=1S/C23H26N4O3S/c1-2-20-26-27-21(28)14-17(25-23(27)31-20)15-30-22(29)18-10-6-7-11-19(18)24-13-12-16-8-4-3-5-9-16/h6-8,10-11,14,24H,2-5,9,12-13,15H2,1H3. The van der Waals surface area contributed by atoms with Crippen molar-refractivity contribution in [3.63, 3.8) is 0 Å². The number of esters is 1. The van der Waals surface area contributed by atoms with E-state index in [2.05, 4.69) is 21.5 Å². The highest BCUT2D eigenvalue weighted by Gasteiger charge is 2.14. The van der Waals surface area contributed by atoms with Gasteiger partial charge < -0.3 is 10.1 Å². The third-order valence-electron chi connectivity index (χ3n) is 5.29. The number of hydrogen-bond donors (Lipinski definition) is 1. The fraction of sp³-hybridized carbons (Fsp3) is 0.391. The van der Waals surface area contributed by atoms with E-state index in [9.17, 15) is 9.59 Å². The Morgan fingerprint density at radius 2 is 2.16 bits per heavy atom. The molecule has 1 aliphatic rings. The van der Waals surface area contributed by atoms with Gasteiger partial charge in [0.1, 0.15) is 11.6 Å². The second-order valence-corrected chi connectivity index (χ2v) is 8.58. The number of benzene rings is 1. The average Bonchev–Trinajstić information content (AvgIpc) is 3.22. The van der Waals surface area contributed by atoms with Gasteiger partial charge in [-0.05, 0) is 50.7 Å². The van der Waals surface area contributed by atoms with Crippen LogP contribution in [0.25, 0.3) is 4.96 Å². The summed E-state index contributed by atoms with van der Waals surface area (Å²) in [5, 5.41) is 8.43. The quantitative estimate of drug-likeness (QED) is 0.415. The zero-order valence-electron chi connectivity index (χ0n) is 17.6. The predicted octanol–water partition coefficient (Wildman–Crippen LogP) is 4.37. The van der Waals surface area contributed by atoms with Gasteiger partial charge in [0.25, 0.3) is 5.56 Å². The van der Waals surface area contributed by atoms with Crippen LogP contribution < -0.4 is 10.9 Å². The van der Waals surface area contributed by atoms with Crippen molar-refractivity contribution in [2.45, 2.75) is 52.1 Å². The summed E-state index contributed by atoms with van der Waals surface area (Å²) in [4.78, 5) is 29.9. The van der Waals surface area contributed by atoms with Crippen LogP contribution in [-0.4, -0.2) is 27.1 Å². The van der Waals surface area contributed by atoms with Gasteiger partial charge >= 0.3 is 5.97 Å². The first kappa shape index (κ1) is 21.2. The Labute approximate surface area is 184 Å². The first-order chi connectivity index (χ1) is 15.1. The van der Waals surface area contributed by atoms with Crippen LogP contribution in [0.15, 0.2) is 46.8 Å². The minimum Gasteiger partial charge on any atom is -0.456 e. The molecule has 0 amide bonds. The number of ether oxygens (including phenoxy) is 1. The van der Waals surface area contributed by atoms with Crippen molar-refractivity contribution in [2.75, 3.05) is 11.9 Å². The fourth-order valence-electron chi connectivity index (χ4n) is 3.63. The number of para-hydroxylation sites is 1. The molecule has 1 N–H and O–H groups in total. The van der Waals surface area contributed by atoms with Gasteiger partial charge in [-0.25, -0.2) is 9.78 Å². The Morgan fingerprint density at radius 1 is 1.29 bits per heavy atom. The van der Waals surface area contributed by atoms with Crippen LogP contribution in [0.3, 0.4) is 0 Å². The maximum atomic E-state index is 12.7. The smallest absolute Gasteiger partial charge is 0.340 e. The SMILES string of the molecule is CCc1nn2c(=O)cc(COC(=O)c3ccccc3NCCC3=CCCCC3)nc2s1. The summed E-state index contributed by atoms with van der Waals surface area (Å²) < 4.78 is 6.76. The number of allylic oxidation sites excluding steroid dienone is 1. The van der Waals surface area contributed by atoms with E-state index in [0.29, 0.717) is 16.2 Å². The zero-order valence-corrected chi connectivity index (χ0v) is 18.4. The Morgan fingerprint density at radius 3 is 2.97 bits per heavy atom. The highest BCUT2D eigenvalue weighted by atomic mass is 32.1.